The number of carboxylic acids is 1. The number of carboxylic acid groups (broad SMARTS) is 1. The summed E-state index contributed by atoms with van der Waals surface area (Å²) in [5, 5.41) is 8.64. The Morgan fingerprint density at radius 2 is 1.93 bits per heavy atom. The van der Waals surface area contributed by atoms with Gasteiger partial charge < -0.3 is 10.8 Å². The van der Waals surface area contributed by atoms with Gasteiger partial charge in [-0.1, -0.05) is 12.1 Å². The van der Waals surface area contributed by atoms with Crippen LogP contribution in [0.3, 0.4) is 0 Å². The van der Waals surface area contributed by atoms with Crippen molar-refractivity contribution in [3.63, 3.8) is 0 Å². The van der Waals surface area contributed by atoms with Gasteiger partial charge >= 0.3 is 5.97 Å². The van der Waals surface area contributed by atoms with E-state index in [1.54, 1.807) is 26.0 Å². The Labute approximate surface area is 87.7 Å². The summed E-state index contributed by atoms with van der Waals surface area (Å²) in [7, 11) is 0. The lowest BCUT2D eigenvalue weighted by Gasteiger charge is -2.09. The SMILES string of the molecule is Cc1cc(C[C@@H](N)C(=O)O)cc(C)c1F. The Bertz CT molecular complexity index is 367. The summed E-state index contributed by atoms with van der Waals surface area (Å²) >= 11 is 0. The maximum absolute atomic E-state index is 13.3. The topological polar surface area (TPSA) is 63.3 Å². The zero-order valence-electron chi connectivity index (χ0n) is 8.75. The van der Waals surface area contributed by atoms with Gasteiger partial charge in [-0.3, -0.25) is 4.79 Å². The third-order valence-electron chi connectivity index (χ3n) is 2.27. The number of aryl methyl sites for hydroxylation is 2. The highest BCUT2D eigenvalue weighted by Crippen LogP contribution is 2.15. The van der Waals surface area contributed by atoms with Crippen LogP contribution in [-0.4, -0.2) is 17.1 Å². The second-order valence-electron chi connectivity index (χ2n) is 3.69. The van der Waals surface area contributed by atoms with Crippen LogP contribution in [0, 0.1) is 19.7 Å². The normalized spacial score (nSPS) is 12.5. The minimum atomic E-state index is -1.05. The third-order valence-corrected chi connectivity index (χ3v) is 2.27. The summed E-state index contributed by atoms with van der Waals surface area (Å²) in [4.78, 5) is 10.5. The minimum Gasteiger partial charge on any atom is -0.480 e. The predicted octanol–water partition coefficient (Wildman–Crippen LogP) is 1.40. The predicted molar refractivity (Wildman–Crippen MR) is 55.2 cm³/mol. The van der Waals surface area contributed by atoms with Crippen molar-refractivity contribution < 1.29 is 14.3 Å². The van der Waals surface area contributed by atoms with Crippen LogP contribution < -0.4 is 5.73 Å². The van der Waals surface area contributed by atoms with Crippen LogP contribution in [0.1, 0.15) is 16.7 Å². The Hall–Kier alpha value is -1.42. The van der Waals surface area contributed by atoms with Crippen LogP contribution in [0.25, 0.3) is 0 Å². The molecule has 0 radical (unpaired) electrons. The largest absolute Gasteiger partial charge is 0.480 e. The quantitative estimate of drug-likeness (QED) is 0.794. The fraction of sp³-hybridized carbons (Fsp3) is 0.364. The van der Waals surface area contributed by atoms with Crippen molar-refractivity contribution in [2.45, 2.75) is 26.3 Å². The molecule has 0 aliphatic heterocycles. The van der Waals surface area contributed by atoms with Crippen LogP contribution >= 0.6 is 0 Å². The van der Waals surface area contributed by atoms with Crippen molar-refractivity contribution in [2.75, 3.05) is 0 Å². The molecule has 82 valence electrons. The number of aliphatic carboxylic acids is 1. The molecule has 0 amide bonds. The molecule has 0 saturated carbocycles. The first-order chi connectivity index (χ1) is 6.91. The highest BCUT2D eigenvalue weighted by molar-refractivity contribution is 5.73. The summed E-state index contributed by atoms with van der Waals surface area (Å²) in [6.07, 6.45) is 0.220. The van der Waals surface area contributed by atoms with Gasteiger partial charge in [0.2, 0.25) is 0 Å². The van der Waals surface area contributed by atoms with Crippen molar-refractivity contribution in [1.82, 2.24) is 0 Å². The van der Waals surface area contributed by atoms with E-state index in [1.165, 1.54) is 0 Å². The molecule has 0 aliphatic rings. The van der Waals surface area contributed by atoms with E-state index in [-0.39, 0.29) is 12.2 Å². The zero-order chi connectivity index (χ0) is 11.6. The summed E-state index contributed by atoms with van der Waals surface area (Å²) in [5.74, 6) is -1.29. The van der Waals surface area contributed by atoms with Crippen molar-refractivity contribution in [3.8, 4) is 0 Å². The molecule has 0 fully saturated rings. The molecule has 0 unspecified atom stereocenters. The molecule has 0 aliphatic carbocycles. The number of benzene rings is 1. The number of halogens is 1. The molecule has 4 heteroatoms. The fourth-order valence-electron chi connectivity index (χ4n) is 1.49. The molecule has 0 saturated heterocycles. The third kappa shape index (κ3) is 2.76. The first kappa shape index (κ1) is 11.7. The smallest absolute Gasteiger partial charge is 0.320 e. The van der Waals surface area contributed by atoms with Crippen LogP contribution in [0.4, 0.5) is 4.39 Å². The molecule has 3 N–H and O–H groups in total. The van der Waals surface area contributed by atoms with Gasteiger partial charge in [-0.15, -0.1) is 0 Å². The van der Waals surface area contributed by atoms with E-state index < -0.39 is 12.0 Å². The maximum atomic E-state index is 13.3. The number of carbonyl (C=O) groups is 1. The van der Waals surface area contributed by atoms with E-state index in [1.807, 2.05) is 0 Å². The minimum absolute atomic E-state index is 0.220. The molecular formula is C11H14FNO2. The Morgan fingerprint density at radius 1 is 1.47 bits per heavy atom. The van der Waals surface area contributed by atoms with Crippen molar-refractivity contribution in [3.05, 3.63) is 34.6 Å². The summed E-state index contributed by atoms with van der Waals surface area (Å²) in [5.41, 5.74) is 7.18. The van der Waals surface area contributed by atoms with Gasteiger partial charge in [0.1, 0.15) is 11.9 Å². The van der Waals surface area contributed by atoms with E-state index in [2.05, 4.69) is 0 Å². The molecular weight excluding hydrogens is 197 g/mol. The number of hydrogen-bond acceptors (Lipinski definition) is 2. The Balaban J connectivity index is 2.92. The van der Waals surface area contributed by atoms with Crippen LogP contribution in [-0.2, 0) is 11.2 Å². The second kappa shape index (κ2) is 4.40. The second-order valence-corrected chi connectivity index (χ2v) is 3.69. The summed E-state index contributed by atoms with van der Waals surface area (Å²) in [6, 6.07) is 2.32. The lowest BCUT2D eigenvalue weighted by molar-refractivity contribution is -0.138. The number of hydrogen-bond donors (Lipinski definition) is 2. The van der Waals surface area contributed by atoms with Gasteiger partial charge in [0.15, 0.2) is 0 Å². The highest BCUT2D eigenvalue weighted by atomic mass is 19.1. The lowest BCUT2D eigenvalue weighted by atomic mass is 10.0. The Kier molecular flexibility index (Phi) is 3.42. The van der Waals surface area contributed by atoms with E-state index in [9.17, 15) is 9.18 Å². The average Bonchev–Trinajstić information content (AvgIpc) is 2.13. The Morgan fingerprint density at radius 3 is 2.33 bits per heavy atom. The molecule has 1 aromatic rings. The lowest BCUT2D eigenvalue weighted by Crippen LogP contribution is -2.32. The standard InChI is InChI=1S/C11H14FNO2/c1-6-3-8(4-7(2)10(6)12)5-9(13)11(14)15/h3-4,9H,5,13H2,1-2H3,(H,14,15)/t9-/m1/s1. The van der Waals surface area contributed by atoms with Crippen molar-refractivity contribution >= 4 is 5.97 Å². The zero-order valence-corrected chi connectivity index (χ0v) is 8.75. The maximum Gasteiger partial charge on any atom is 0.320 e. The van der Waals surface area contributed by atoms with Gasteiger partial charge in [-0.2, -0.15) is 0 Å². The van der Waals surface area contributed by atoms with Gasteiger partial charge in [0.25, 0.3) is 0 Å². The molecule has 0 aromatic heterocycles. The molecule has 1 aromatic carbocycles. The van der Waals surface area contributed by atoms with Crippen LogP contribution in [0.5, 0.6) is 0 Å². The highest BCUT2D eigenvalue weighted by Gasteiger charge is 2.13. The molecule has 0 spiro atoms. The van der Waals surface area contributed by atoms with E-state index in [4.69, 9.17) is 10.8 Å². The first-order valence-corrected chi connectivity index (χ1v) is 4.66. The molecule has 3 nitrogen and oxygen atoms in total. The number of rotatable bonds is 3. The molecule has 0 bridgehead atoms. The monoisotopic (exact) mass is 211 g/mol. The number of nitrogens with two attached hydrogens (primary N) is 1. The fourth-order valence-corrected chi connectivity index (χ4v) is 1.49. The van der Waals surface area contributed by atoms with Gasteiger partial charge in [0.05, 0.1) is 0 Å². The summed E-state index contributed by atoms with van der Waals surface area (Å²) in [6.45, 7) is 3.30. The van der Waals surface area contributed by atoms with Crippen LogP contribution in [0.2, 0.25) is 0 Å². The van der Waals surface area contributed by atoms with E-state index in [0.29, 0.717) is 11.1 Å². The van der Waals surface area contributed by atoms with Crippen molar-refractivity contribution in [1.29, 1.82) is 0 Å². The van der Waals surface area contributed by atoms with Crippen molar-refractivity contribution in [2.24, 2.45) is 5.73 Å². The molecule has 1 rings (SSSR count). The molecule has 0 heterocycles. The van der Waals surface area contributed by atoms with E-state index in [0.717, 1.165) is 5.56 Å². The van der Waals surface area contributed by atoms with E-state index >= 15 is 0 Å². The van der Waals surface area contributed by atoms with Gasteiger partial charge in [-0.05, 0) is 37.0 Å². The van der Waals surface area contributed by atoms with Crippen LogP contribution in [0.15, 0.2) is 12.1 Å². The first-order valence-electron chi connectivity index (χ1n) is 4.66. The average molecular weight is 211 g/mol. The summed E-state index contributed by atoms with van der Waals surface area (Å²) < 4.78 is 13.3. The van der Waals surface area contributed by atoms with Gasteiger partial charge in [0, 0.05) is 0 Å². The van der Waals surface area contributed by atoms with Gasteiger partial charge in [-0.25, -0.2) is 4.39 Å². The molecule has 15 heavy (non-hydrogen) atoms. The molecule has 1 atom stereocenters.